The van der Waals surface area contributed by atoms with Crippen molar-refractivity contribution in [3.63, 3.8) is 0 Å². The van der Waals surface area contributed by atoms with E-state index in [1.807, 2.05) is 0 Å². The number of methoxy groups -OCH3 is 2. The van der Waals surface area contributed by atoms with E-state index in [4.69, 9.17) is 14.6 Å². The summed E-state index contributed by atoms with van der Waals surface area (Å²) in [5, 5.41) is 8.96. The first-order valence-electron chi connectivity index (χ1n) is 6.85. The van der Waals surface area contributed by atoms with Crippen molar-refractivity contribution in [2.75, 3.05) is 20.8 Å². The third kappa shape index (κ3) is 3.36. The Morgan fingerprint density at radius 3 is 2.68 bits per heavy atom. The number of carbonyl (C=O) groups excluding carboxylic acids is 1. The van der Waals surface area contributed by atoms with Crippen LogP contribution in [0.15, 0.2) is 18.2 Å². The normalized spacial score (nSPS) is 21.0. The lowest BCUT2D eigenvalue weighted by Gasteiger charge is -2.23. The number of likely N-dealkylation sites (tertiary alicyclic amines) is 1. The lowest BCUT2D eigenvalue weighted by Crippen LogP contribution is -2.37. The zero-order chi connectivity index (χ0) is 16.3. The van der Waals surface area contributed by atoms with E-state index >= 15 is 0 Å². The van der Waals surface area contributed by atoms with Gasteiger partial charge in [-0.3, -0.25) is 9.59 Å². The highest BCUT2D eigenvalue weighted by molar-refractivity contribution is 5.95. The van der Waals surface area contributed by atoms with E-state index in [1.54, 1.807) is 0 Å². The topological polar surface area (TPSA) is 76.1 Å². The summed E-state index contributed by atoms with van der Waals surface area (Å²) in [5.41, 5.74) is 0.158. The van der Waals surface area contributed by atoms with Gasteiger partial charge in [-0.2, -0.15) is 0 Å². The molecule has 2 atom stereocenters. The Kier molecular flexibility index (Phi) is 4.97. The molecular formula is C15H18FNO5. The number of nitrogens with zero attached hydrogens (tertiary/aromatic N) is 1. The molecule has 0 bridgehead atoms. The Bertz CT molecular complexity index is 577. The SMILES string of the molecule is COc1ccc(C(=O)N2CC(OC)CC2CC(=O)O)cc1F. The summed E-state index contributed by atoms with van der Waals surface area (Å²) in [6.45, 7) is 0.293. The minimum atomic E-state index is -0.986. The lowest BCUT2D eigenvalue weighted by atomic mass is 10.1. The smallest absolute Gasteiger partial charge is 0.305 e. The van der Waals surface area contributed by atoms with Gasteiger partial charge in [-0.25, -0.2) is 4.39 Å². The summed E-state index contributed by atoms with van der Waals surface area (Å²) in [6, 6.07) is 3.47. The molecule has 0 aromatic heterocycles. The molecule has 1 aliphatic rings. The number of benzene rings is 1. The van der Waals surface area contributed by atoms with E-state index in [2.05, 4.69) is 0 Å². The molecular weight excluding hydrogens is 293 g/mol. The molecule has 0 aliphatic carbocycles. The van der Waals surface area contributed by atoms with E-state index in [0.717, 1.165) is 6.07 Å². The summed E-state index contributed by atoms with van der Waals surface area (Å²) in [5.74, 6) is -1.98. The molecule has 22 heavy (non-hydrogen) atoms. The molecule has 0 radical (unpaired) electrons. The molecule has 1 aromatic carbocycles. The number of amides is 1. The minimum Gasteiger partial charge on any atom is -0.494 e. The summed E-state index contributed by atoms with van der Waals surface area (Å²) in [4.78, 5) is 24.9. The maximum Gasteiger partial charge on any atom is 0.305 e. The number of carboxylic acid groups (broad SMARTS) is 1. The van der Waals surface area contributed by atoms with Crippen molar-refractivity contribution in [2.45, 2.75) is 25.0 Å². The number of hydrogen-bond donors (Lipinski definition) is 1. The number of halogens is 1. The maximum atomic E-state index is 13.7. The minimum absolute atomic E-state index is 0.0508. The number of carboxylic acids is 1. The van der Waals surface area contributed by atoms with Gasteiger partial charge >= 0.3 is 5.97 Å². The predicted octanol–water partition coefficient (Wildman–Crippen LogP) is 1.54. The molecule has 2 unspecified atom stereocenters. The first-order valence-corrected chi connectivity index (χ1v) is 6.85. The van der Waals surface area contributed by atoms with Crippen LogP contribution in [0.3, 0.4) is 0 Å². The van der Waals surface area contributed by atoms with Crippen LogP contribution in [0.2, 0.25) is 0 Å². The van der Waals surface area contributed by atoms with Gasteiger partial charge in [0.25, 0.3) is 5.91 Å². The molecule has 1 saturated heterocycles. The van der Waals surface area contributed by atoms with Crippen LogP contribution in [-0.2, 0) is 9.53 Å². The average molecular weight is 311 g/mol. The number of aliphatic carboxylic acids is 1. The summed E-state index contributed by atoms with van der Waals surface area (Å²) in [7, 11) is 2.86. The van der Waals surface area contributed by atoms with E-state index in [0.29, 0.717) is 13.0 Å². The fourth-order valence-corrected chi connectivity index (χ4v) is 2.65. The largest absolute Gasteiger partial charge is 0.494 e. The molecule has 0 spiro atoms. The van der Waals surface area contributed by atoms with Crippen LogP contribution in [0.4, 0.5) is 4.39 Å². The molecule has 1 N–H and O–H groups in total. The summed E-state index contributed by atoms with van der Waals surface area (Å²) >= 11 is 0. The second-order valence-corrected chi connectivity index (χ2v) is 5.15. The number of rotatable bonds is 5. The first kappa shape index (κ1) is 16.2. The fourth-order valence-electron chi connectivity index (χ4n) is 2.65. The standard InChI is InChI=1S/C15H18FNO5/c1-21-11-6-10(7-14(18)19)17(8-11)15(20)9-3-4-13(22-2)12(16)5-9/h3-5,10-11H,6-8H2,1-2H3,(H,18,19). The molecule has 1 amide bonds. The highest BCUT2D eigenvalue weighted by Gasteiger charge is 2.37. The first-order chi connectivity index (χ1) is 10.5. The zero-order valence-electron chi connectivity index (χ0n) is 12.4. The van der Waals surface area contributed by atoms with Gasteiger partial charge in [0, 0.05) is 25.3 Å². The van der Waals surface area contributed by atoms with Gasteiger partial charge in [-0.05, 0) is 24.6 Å². The number of carbonyl (C=O) groups is 2. The second-order valence-electron chi connectivity index (χ2n) is 5.15. The highest BCUT2D eigenvalue weighted by atomic mass is 19.1. The van der Waals surface area contributed by atoms with Gasteiger partial charge in [0.1, 0.15) is 0 Å². The lowest BCUT2D eigenvalue weighted by molar-refractivity contribution is -0.137. The Morgan fingerprint density at radius 1 is 1.41 bits per heavy atom. The van der Waals surface area contributed by atoms with Crippen molar-refractivity contribution in [1.29, 1.82) is 0 Å². The molecule has 0 saturated carbocycles. The van der Waals surface area contributed by atoms with E-state index in [-0.39, 0.29) is 23.8 Å². The van der Waals surface area contributed by atoms with Crippen molar-refractivity contribution in [3.05, 3.63) is 29.6 Å². The van der Waals surface area contributed by atoms with Crippen LogP contribution in [-0.4, -0.2) is 54.8 Å². The monoisotopic (exact) mass is 311 g/mol. The van der Waals surface area contributed by atoms with Gasteiger partial charge in [0.2, 0.25) is 0 Å². The molecule has 2 rings (SSSR count). The van der Waals surface area contributed by atoms with Gasteiger partial charge in [-0.1, -0.05) is 0 Å². The maximum absolute atomic E-state index is 13.7. The average Bonchev–Trinajstić information content (AvgIpc) is 2.88. The van der Waals surface area contributed by atoms with Crippen LogP contribution in [0.25, 0.3) is 0 Å². The molecule has 6 nitrogen and oxygen atoms in total. The van der Waals surface area contributed by atoms with Crippen LogP contribution < -0.4 is 4.74 Å². The molecule has 1 fully saturated rings. The van der Waals surface area contributed by atoms with Gasteiger partial charge in [-0.15, -0.1) is 0 Å². The Hall–Kier alpha value is -2.15. The van der Waals surface area contributed by atoms with Crippen molar-refractivity contribution in [1.82, 2.24) is 4.90 Å². The van der Waals surface area contributed by atoms with Crippen LogP contribution in [0.1, 0.15) is 23.2 Å². The molecule has 120 valence electrons. The molecule has 1 aromatic rings. The summed E-state index contributed by atoms with van der Waals surface area (Å²) in [6.07, 6.45) is 0.0774. The third-order valence-corrected chi connectivity index (χ3v) is 3.78. The fraction of sp³-hybridized carbons (Fsp3) is 0.467. The Balaban J connectivity index is 2.22. The van der Waals surface area contributed by atoms with E-state index < -0.39 is 23.7 Å². The Morgan fingerprint density at radius 2 is 2.14 bits per heavy atom. The molecule has 7 heteroatoms. The van der Waals surface area contributed by atoms with Crippen molar-refractivity contribution >= 4 is 11.9 Å². The Labute approximate surface area is 127 Å². The third-order valence-electron chi connectivity index (χ3n) is 3.78. The number of ether oxygens (including phenoxy) is 2. The number of hydrogen-bond acceptors (Lipinski definition) is 4. The predicted molar refractivity (Wildman–Crippen MR) is 75.4 cm³/mol. The van der Waals surface area contributed by atoms with Crippen molar-refractivity contribution < 1.29 is 28.6 Å². The van der Waals surface area contributed by atoms with Crippen LogP contribution >= 0.6 is 0 Å². The van der Waals surface area contributed by atoms with Gasteiger partial charge < -0.3 is 19.5 Å². The second kappa shape index (κ2) is 6.74. The van der Waals surface area contributed by atoms with E-state index in [9.17, 15) is 14.0 Å². The quantitative estimate of drug-likeness (QED) is 0.892. The zero-order valence-corrected chi connectivity index (χ0v) is 12.4. The van der Waals surface area contributed by atoms with Gasteiger partial charge in [0.05, 0.1) is 19.6 Å². The van der Waals surface area contributed by atoms with Crippen molar-refractivity contribution in [3.8, 4) is 5.75 Å². The summed E-state index contributed by atoms with van der Waals surface area (Å²) < 4.78 is 23.8. The highest BCUT2D eigenvalue weighted by Crippen LogP contribution is 2.26. The van der Waals surface area contributed by atoms with E-state index in [1.165, 1.54) is 31.3 Å². The van der Waals surface area contributed by atoms with Crippen LogP contribution in [0.5, 0.6) is 5.75 Å². The van der Waals surface area contributed by atoms with Gasteiger partial charge in [0.15, 0.2) is 11.6 Å². The molecule has 1 aliphatic heterocycles. The van der Waals surface area contributed by atoms with Crippen LogP contribution in [0, 0.1) is 5.82 Å². The van der Waals surface area contributed by atoms with Crippen molar-refractivity contribution in [2.24, 2.45) is 0 Å². The molecule has 1 heterocycles.